The molecule has 1 saturated heterocycles. The maximum absolute atomic E-state index is 12.9. The normalized spacial score (nSPS) is 20.9. The van der Waals surface area contributed by atoms with Crippen LogP contribution in [0.5, 0.6) is 0 Å². The molecule has 10 nitrogen and oxygen atoms in total. The first-order valence-electron chi connectivity index (χ1n) is 11.1. The van der Waals surface area contributed by atoms with Gasteiger partial charge in [-0.05, 0) is 45.6 Å². The molecule has 0 aromatic carbocycles. The van der Waals surface area contributed by atoms with Crippen LogP contribution in [0.1, 0.15) is 79.2 Å². The minimum atomic E-state index is -3.21. The summed E-state index contributed by atoms with van der Waals surface area (Å²) in [4.78, 5) is 14.7. The Morgan fingerprint density at radius 1 is 1.06 bits per heavy atom. The van der Waals surface area contributed by atoms with Gasteiger partial charge in [0.2, 0.25) is 10.0 Å². The van der Waals surface area contributed by atoms with Gasteiger partial charge in [-0.3, -0.25) is 9.89 Å². The zero-order valence-corrected chi connectivity index (χ0v) is 18.8. The quantitative estimate of drug-likeness (QED) is 0.741. The highest BCUT2D eigenvalue weighted by Crippen LogP contribution is 2.39. The first kappa shape index (κ1) is 20.6. The van der Waals surface area contributed by atoms with Crippen LogP contribution in [0.15, 0.2) is 6.07 Å². The molecule has 2 aromatic rings. The van der Waals surface area contributed by atoms with Gasteiger partial charge in [0.05, 0.1) is 11.8 Å². The SMILES string of the molecule is CC(C)S(=O)(=O)N1CCC(c2nnc3n2CCN(C(=O)c2cc(C4CC4)[nH]n2)C3)CC1. The van der Waals surface area contributed by atoms with Crippen molar-refractivity contribution in [1.29, 1.82) is 0 Å². The van der Waals surface area contributed by atoms with Crippen LogP contribution in [-0.4, -0.2) is 73.4 Å². The predicted molar refractivity (Wildman–Crippen MR) is 113 cm³/mol. The lowest BCUT2D eigenvalue weighted by Gasteiger charge is -2.33. The van der Waals surface area contributed by atoms with Crippen molar-refractivity contribution in [3.8, 4) is 0 Å². The number of H-pyrrole nitrogens is 1. The van der Waals surface area contributed by atoms with Gasteiger partial charge in [0.15, 0.2) is 5.82 Å². The standard InChI is InChI=1S/C20H29N7O3S/c1-13(2)31(29,30)26-7-5-15(6-8-26)19-24-23-18-12-25(9-10-27(18)19)20(28)17-11-16(21-22-17)14-3-4-14/h11,13-15H,3-10,12H2,1-2H3,(H,21,22). The molecule has 1 amide bonds. The van der Waals surface area contributed by atoms with Crippen LogP contribution < -0.4 is 0 Å². The van der Waals surface area contributed by atoms with Crippen LogP contribution in [0.3, 0.4) is 0 Å². The summed E-state index contributed by atoms with van der Waals surface area (Å²) in [7, 11) is -3.21. The third-order valence-electron chi connectivity index (χ3n) is 6.68. The van der Waals surface area contributed by atoms with Crippen molar-refractivity contribution in [2.24, 2.45) is 0 Å². The molecule has 2 aliphatic heterocycles. The molecular formula is C20H29N7O3S. The Morgan fingerprint density at radius 3 is 2.48 bits per heavy atom. The lowest BCUT2D eigenvalue weighted by Crippen LogP contribution is -2.42. The van der Waals surface area contributed by atoms with E-state index < -0.39 is 15.3 Å². The number of hydrogen-bond acceptors (Lipinski definition) is 6. The van der Waals surface area contributed by atoms with Gasteiger partial charge >= 0.3 is 0 Å². The molecule has 2 fully saturated rings. The summed E-state index contributed by atoms with van der Waals surface area (Å²) in [6, 6.07) is 1.88. The van der Waals surface area contributed by atoms with Crippen molar-refractivity contribution in [3.63, 3.8) is 0 Å². The predicted octanol–water partition coefficient (Wildman–Crippen LogP) is 1.45. The number of nitrogens with one attached hydrogen (secondary N) is 1. The fraction of sp³-hybridized carbons (Fsp3) is 0.700. The van der Waals surface area contributed by atoms with E-state index in [1.165, 1.54) is 0 Å². The third kappa shape index (κ3) is 3.78. The van der Waals surface area contributed by atoms with Gasteiger partial charge < -0.3 is 9.47 Å². The molecule has 5 rings (SSSR count). The molecule has 1 aliphatic carbocycles. The van der Waals surface area contributed by atoms with Crippen LogP contribution in [-0.2, 0) is 23.1 Å². The molecule has 3 aliphatic rings. The van der Waals surface area contributed by atoms with Crippen molar-refractivity contribution in [1.82, 2.24) is 34.2 Å². The van der Waals surface area contributed by atoms with Gasteiger partial charge in [0, 0.05) is 43.7 Å². The number of nitrogens with zero attached hydrogens (tertiary/aromatic N) is 6. The van der Waals surface area contributed by atoms with Crippen molar-refractivity contribution in [2.45, 2.75) is 69.7 Å². The topological polar surface area (TPSA) is 117 Å². The van der Waals surface area contributed by atoms with Crippen molar-refractivity contribution < 1.29 is 13.2 Å². The molecule has 0 unspecified atom stereocenters. The van der Waals surface area contributed by atoms with E-state index in [2.05, 4.69) is 25.0 Å². The molecule has 11 heteroatoms. The number of aromatic amines is 1. The molecule has 2 aromatic heterocycles. The van der Waals surface area contributed by atoms with Crippen LogP contribution in [0.2, 0.25) is 0 Å². The number of sulfonamides is 1. The highest BCUT2D eigenvalue weighted by atomic mass is 32.2. The maximum atomic E-state index is 12.9. The summed E-state index contributed by atoms with van der Waals surface area (Å²) in [5.41, 5.74) is 1.52. The van der Waals surface area contributed by atoms with E-state index >= 15 is 0 Å². The second kappa shape index (κ2) is 7.70. The highest BCUT2D eigenvalue weighted by Gasteiger charge is 2.34. The lowest BCUT2D eigenvalue weighted by atomic mass is 9.97. The zero-order valence-electron chi connectivity index (χ0n) is 18.0. The van der Waals surface area contributed by atoms with E-state index in [1.54, 1.807) is 23.1 Å². The summed E-state index contributed by atoms with van der Waals surface area (Å²) in [6.07, 6.45) is 3.80. The number of piperidine rings is 1. The fourth-order valence-electron chi connectivity index (χ4n) is 4.53. The Bertz CT molecular complexity index is 1080. The summed E-state index contributed by atoms with van der Waals surface area (Å²) in [5, 5.41) is 15.6. The van der Waals surface area contributed by atoms with Gasteiger partial charge in [0.1, 0.15) is 11.5 Å². The number of carbonyl (C=O) groups excluding carboxylic acids is 1. The molecule has 0 bridgehead atoms. The van der Waals surface area contributed by atoms with Crippen LogP contribution in [0.4, 0.5) is 0 Å². The average Bonchev–Trinajstić information content (AvgIpc) is 3.34. The van der Waals surface area contributed by atoms with E-state index in [-0.39, 0.29) is 11.8 Å². The first-order valence-corrected chi connectivity index (χ1v) is 12.6. The van der Waals surface area contributed by atoms with Crippen LogP contribution in [0.25, 0.3) is 0 Å². The molecule has 0 atom stereocenters. The molecular weight excluding hydrogens is 418 g/mol. The lowest BCUT2D eigenvalue weighted by molar-refractivity contribution is 0.0699. The van der Waals surface area contributed by atoms with Gasteiger partial charge in [-0.25, -0.2) is 12.7 Å². The second-order valence-corrected chi connectivity index (χ2v) is 11.6. The molecule has 1 saturated carbocycles. The van der Waals surface area contributed by atoms with Gasteiger partial charge in [-0.15, -0.1) is 10.2 Å². The fourth-order valence-corrected chi connectivity index (χ4v) is 5.85. The van der Waals surface area contributed by atoms with Crippen molar-refractivity contribution in [2.75, 3.05) is 19.6 Å². The summed E-state index contributed by atoms with van der Waals surface area (Å²) in [5.74, 6) is 2.34. The number of rotatable bonds is 5. The summed E-state index contributed by atoms with van der Waals surface area (Å²) < 4.78 is 28.5. The van der Waals surface area contributed by atoms with E-state index in [0.717, 1.165) is 43.0 Å². The summed E-state index contributed by atoms with van der Waals surface area (Å²) in [6.45, 7) is 6.12. The number of carbonyl (C=O) groups is 1. The molecule has 1 N–H and O–H groups in total. The van der Waals surface area contributed by atoms with Crippen LogP contribution in [0, 0.1) is 0 Å². The van der Waals surface area contributed by atoms with E-state index in [4.69, 9.17) is 0 Å². The average molecular weight is 448 g/mol. The number of hydrogen-bond donors (Lipinski definition) is 1. The summed E-state index contributed by atoms with van der Waals surface area (Å²) >= 11 is 0. The number of fused-ring (bicyclic) bond motifs is 1. The van der Waals surface area contributed by atoms with E-state index in [9.17, 15) is 13.2 Å². The maximum Gasteiger partial charge on any atom is 0.274 e. The third-order valence-corrected chi connectivity index (χ3v) is 8.95. The largest absolute Gasteiger partial charge is 0.328 e. The van der Waals surface area contributed by atoms with E-state index in [1.807, 2.05) is 6.07 Å². The molecule has 168 valence electrons. The Hall–Kier alpha value is -2.27. The minimum absolute atomic E-state index is 0.0776. The van der Waals surface area contributed by atoms with Gasteiger partial charge in [-0.1, -0.05) is 0 Å². The zero-order chi connectivity index (χ0) is 21.8. The monoisotopic (exact) mass is 447 g/mol. The van der Waals surface area contributed by atoms with Crippen LogP contribution >= 0.6 is 0 Å². The first-order chi connectivity index (χ1) is 14.8. The smallest absolute Gasteiger partial charge is 0.274 e. The molecule has 31 heavy (non-hydrogen) atoms. The van der Waals surface area contributed by atoms with Gasteiger partial charge in [0.25, 0.3) is 5.91 Å². The van der Waals surface area contributed by atoms with E-state index in [0.29, 0.717) is 44.3 Å². The Balaban J connectivity index is 1.24. The Kier molecular flexibility index (Phi) is 5.12. The minimum Gasteiger partial charge on any atom is -0.328 e. The van der Waals surface area contributed by atoms with Crippen molar-refractivity contribution >= 4 is 15.9 Å². The number of aromatic nitrogens is 5. The Morgan fingerprint density at radius 2 is 1.81 bits per heavy atom. The Labute approximate surface area is 182 Å². The molecule has 4 heterocycles. The van der Waals surface area contributed by atoms with Crippen molar-refractivity contribution in [3.05, 3.63) is 29.1 Å². The number of amides is 1. The highest BCUT2D eigenvalue weighted by molar-refractivity contribution is 7.89. The van der Waals surface area contributed by atoms with Gasteiger partial charge in [-0.2, -0.15) is 5.10 Å². The molecule has 0 spiro atoms. The second-order valence-electron chi connectivity index (χ2n) is 9.10. The molecule has 0 radical (unpaired) electrons.